The van der Waals surface area contributed by atoms with Gasteiger partial charge in [-0.05, 0) is 63.7 Å². The Morgan fingerprint density at radius 2 is 1.94 bits per heavy atom. The maximum absolute atomic E-state index is 17.3. The van der Waals surface area contributed by atoms with Crippen LogP contribution in [0.15, 0.2) is 12.1 Å². The molecule has 2 unspecified atom stereocenters. The Kier molecular flexibility index (Phi) is 7.93. The molecule has 2 saturated heterocycles. The second-order valence-corrected chi connectivity index (χ2v) is 14.5. The van der Waals surface area contributed by atoms with Gasteiger partial charge in [0.05, 0.1) is 27.2 Å². The molecule has 10 nitrogen and oxygen atoms in total. The molecule has 2 aromatic heterocycles. The summed E-state index contributed by atoms with van der Waals surface area (Å²) in [6.45, 7) is 2.72. The van der Waals surface area contributed by atoms with Gasteiger partial charge in [0, 0.05) is 42.5 Å². The summed E-state index contributed by atoms with van der Waals surface area (Å²) in [6.07, 6.45) is 5.08. The predicted molar refractivity (Wildman–Crippen MR) is 181 cm³/mol. The molecule has 0 aliphatic carbocycles. The van der Waals surface area contributed by atoms with E-state index >= 15 is 8.78 Å². The molecular weight excluding hydrogens is 660 g/mol. The number of thiophene rings is 1. The van der Waals surface area contributed by atoms with Crippen molar-refractivity contribution in [2.75, 3.05) is 50.5 Å². The molecule has 0 radical (unpaired) electrons. The van der Waals surface area contributed by atoms with E-state index < -0.39 is 11.6 Å². The third-order valence-corrected chi connectivity index (χ3v) is 11.7. The number of nitriles is 1. The molecular formula is C34H34ClF2N7O3S. The number of ether oxygens (including phenoxy) is 2. The highest BCUT2D eigenvalue weighted by Crippen LogP contribution is 2.51. The lowest BCUT2D eigenvalue weighted by Gasteiger charge is -2.31. The number of benzene rings is 2. The van der Waals surface area contributed by atoms with Crippen molar-refractivity contribution in [2.45, 2.75) is 63.1 Å². The van der Waals surface area contributed by atoms with Gasteiger partial charge in [-0.1, -0.05) is 17.7 Å². The molecule has 4 aliphatic heterocycles. The highest BCUT2D eigenvalue weighted by Gasteiger charge is 2.37. The normalized spacial score (nSPS) is 23.3. The SMILES string of the molecule is CN1CCC[C@H]1C1CCCC(=O)N2CCCC2CN2CCOc3c(Cl)c(-c4ccc(F)c5sc(N)c(C#N)c45)c(F)c4nc(nc2c34)O1. The van der Waals surface area contributed by atoms with Gasteiger partial charge in [-0.25, -0.2) is 8.78 Å². The molecule has 250 valence electrons. The number of anilines is 2. The van der Waals surface area contributed by atoms with Gasteiger partial charge in [0.2, 0.25) is 5.91 Å². The second kappa shape index (κ2) is 12.2. The highest BCUT2D eigenvalue weighted by molar-refractivity contribution is 7.23. The number of likely N-dealkylation sites (tertiary alicyclic amines) is 1. The lowest BCUT2D eigenvalue weighted by atomic mass is 9.96. The van der Waals surface area contributed by atoms with Crippen molar-refractivity contribution in [3.63, 3.8) is 0 Å². The fourth-order valence-corrected chi connectivity index (χ4v) is 9.30. The minimum atomic E-state index is -0.768. The van der Waals surface area contributed by atoms with Crippen LogP contribution in [0, 0.1) is 23.0 Å². The van der Waals surface area contributed by atoms with Gasteiger partial charge in [0.1, 0.15) is 40.9 Å². The van der Waals surface area contributed by atoms with Crippen molar-refractivity contribution in [3.05, 3.63) is 34.4 Å². The molecule has 6 heterocycles. The molecule has 2 bridgehead atoms. The van der Waals surface area contributed by atoms with E-state index in [1.54, 1.807) is 0 Å². The Morgan fingerprint density at radius 1 is 1.10 bits per heavy atom. The number of fused-ring (bicyclic) bond motifs is 3. The van der Waals surface area contributed by atoms with Gasteiger partial charge >= 0.3 is 6.01 Å². The first kappa shape index (κ1) is 31.3. The minimum Gasteiger partial charge on any atom is -0.489 e. The van der Waals surface area contributed by atoms with E-state index in [0.29, 0.717) is 50.1 Å². The molecule has 14 heteroatoms. The molecule has 8 rings (SSSR count). The van der Waals surface area contributed by atoms with Crippen molar-refractivity contribution >= 4 is 60.7 Å². The monoisotopic (exact) mass is 693 g/mol. The van der Waals surface area contributed by atoms with E-state index in [1.807, 2.05) is 9.80 Å². The fourth-order valence-electron chi connectivity index (χ4n) is 8.02. The number of likely N-dealkylation sites (N-methyl/N-ethyl adjacent to an activating group) is 1. The molecule has 1 amide bonds. The smallest absolute Gasteiger partial charge is 0.319 e. The van der Waals surface area contributed by atoms with Crippen molar-refractivity contribution in [3.8, 4) is 29.0 Å². The van der Waals surface area contributed by atoms with Crippen LogP contribution in [0.25, 0.3) is 32.1 Å². The van der Waals surface area contributed by atoms with Crippen LogP contribution in [0.5, 0.6) is 11.8 Å². The number of hydrogen-bond donors (Lipinski definition) is 1. The van der Waals surface area contributed by atoms with Crippen molar-refractivity contribution in [1.29, 1.82) is 5.26 Å². The molecule has 4 aliphatic rings. The van der Waals surface area contributed by atoms with Crippen LogP contribution in [-0.4, -0.2) is 83.7 Å². The summed E-state index contributed by atoms with van der Waals surface area (Å²) in [5.41, 5.74) is 6.25. The second-order valence-electron chi connectivity index (χ2n) is 13.1. The summed E-state index contributed by atoms with van der Waals surface area (Å²) in [6, 6.07) is 4.76. The van der Waals surface area contributed by atoms with E-state index in [0.717, 1.165) is 43.6 Å². The Balaban J connectivity index is 1.37. The predicted octanol–water partition coefficient (Wildman–Crippen LogP) is 6.11. The quantitative estimate of drug-likeness (QED) is 0.265. The molecule has 0 spiro atoms. The highest BCUT2D eigenvalue weighted by atomic mass is 35.5. The van der Waals surface area contributed by atoms with Crippen molar-refractivity contribution in [1.82, 2.24) is 19.8 Å². The third-order valence-electron chi connectivity index (χ3n) is 10.3. The summed E-state index contributed by atoms with van der Waals surface area (Å²) >= 11 is 7.98. The molecule has 2 fully saturated rings. The number of carbonyl (C=O) groups excluding carboxylic acids is 1. The van der Waals surface area contributed by atoms with Crippen LogP contribution >= 0.6 is 22.9 Å². The van der Waals surface area contributed by atoms with Gasteiger partial charge in [-0.3, -0.25) is 9.69 Å². The van der Waals surface area contributed by atoms with Gasteiger partial charge in [-0.2, -0.15) is 15.2 Å². The fraction of sp³-hybridized carbons (Fsp3) is 0.471. The molecule has 4 aromatic rings. The van der Waals surface area contributed by atoms with E-state index in [4.69, 9.17) is 36.8 Å². The summed E-state index contributed by atoms with van der Waals surface area (Å²) < 4.78 is 45.3. The van der Waals surface area contributed by atoms with Crippen LogP contribution in [0.3, 0.4) is 0 Å². The summed E-state index contributed by atoms with van der Waals surface area (Å²) in [5.74, 6) is -0.583. The average Bonchev–Trinajstić information content (AvgIpc) is 3.77. The maximum Gasteiger partial charge on any atom is 0.319 e. The minimum absolute atomic E-state index is 0.0309. The Bertz CT molecular complexity index is 2020. The van der Waals surface area contributed by atoms with Crippen molar-refractivity contribution in [2.24, 2.45) is 0 Å². The molecule has 3 atom stereocenters. The maximum atomic E-state index is 17.3. The zero-order chi connectivity index (χ0) is 33.3. The number of nitrogens with two attached hydrogens (primary N) is 1. The zero-order valence-corrected chi connectivity index (χ0v) is 28.0. The number of carbonyl (C=O) groups is 1. The lowest BCUT2D eigenvalue weighted by molar-refractivity contribution is -0.132. The Hall–Kier alpha value is -3.99. The largest absolute Gasteiger partial charge is 0.489 e. The average molecular weight is 694 g/mol. The first-order valence-corrected chi connectivity index (χ1v) is 17.6. The molecule has 0 saturated carbocycles. The van der Waals surface area contributed by atoms with Crippen LogP contribution in [-0.2, 0) is 4.79 Å². The number of amides is 1. The van der Waals surface area contributed by atoms with Crippen molar-refractivity contribution < 1.29 is 23.0 Å². The molecule has 2 N–H and O–H groups in total. The standard InChI is InChI=1S/C34H34ClF2N7O3S/c1-42-11-4-6-21(42)22-7-2-8-23(45)44-12-3-5-17(44)16-43-13-14-46-30-26-29(40-34(47-22)41-33(26)43)28(37)25(27(30)35)18-9-10-20(36)31-24(18)19(15-38)32(39)48-31/h9-10,17,21-22H,2-8,11-14,16,39H2,1H3/t17?,21-,22?/m0/s1. The number of hydrogen-bond acceptors (Lipinski definition) is 10. The summed E-state index contributed by atoms with van der Waals surface area (Å²) in [5, 5.41) is 10.5. The lowest BCUT2D eigenvalue weighted by Crippen LogP contribution is -2.44. The number of aromatic nitrogens is 2. The number of nitrogens with zero attached hydrogens (tertiary/aromatic N) is 6. The Labute approximate surface area is 285 Å². The zero-order valence-electron chi connectivity index (χ0n) is 26.4. The van der Waals surface area contributed by atoms with Gasteiger partial charge in [-0.15, -0.1) is 11.3 Å². The number of halogens is 3. The number of rotatable bonds is 2. The van der Waals surface area contributed by atoms with E-state index in [-0.39, 0.29) is 84.8 Å². The van der Waals surface area contributed by atoms with Gasteiger partial charge in [0.15, 0.2) is 11.6 Å². The first-order chi connectivity index (χ1) is 23.2. The van der Waals surface area contributed by atoms with Crippen LogP contribution in [0.4, 0.5) is 19.6 Å². The van der Waals surface area contributed by atoms with Crippen LogP contribution in [0.2, 0.25) is 5.02 Å². The van der Waals surface area contributed by atoms with E-state index in [1.165, 1.54) is 12.1 Å². The van der Waals surface area contributed by atoms with E-state index in [2.05, 4.69) is 18.0 Å². The molecule has 2 aromatic carbocycles. The van der Waals surface area contributed by atoms with E-state index in [9.17, 15) is 10.1 Å². The van der Waals surface area contributed by atoms with Crippen LogP contribution < -0.4 is 20.1 Å². The third kappa shape index (κ3) is 4.99. The summed E-state index contributed by atoms with van der Waals surface area (Å²) in [4.78, 5) is 29.4. The van der Waals surface area contributed by atoms with Gasteiger partial charge in [0.25, 0.3) is 0 Å². The van der Waals surface area contributed by atoms with Gasteiger partial charge < -0.3 is 25.0 Å². The topological polar surface area (TPSA) is 121 Å². The van der Waals surface area contributed by atoms with Crippen LogP contribution in [0.1, 0.15) is 50.5 Å². The summed E-state index contributed by atoms with van der Waals surface area (Å²) in [7, 11) is 2.06. The molecule has 48 heavy (non-hydrogen) atoms. The number of nitrogen functional groups attached to an aromatic ring is 1. The first-order valence-electron chi connectivity index (χ1n) is 16.4. The Morgan fingerprint density at radius 3 is 2.73 bits per heavy atom.